The fourth-order valence-electron chi connectivity index (χ4n) is 1.26. The summed E-state index contributed by atoms with van der Waals surface area (Å²) in [5.41, 5.74) is 0. The number of carbonyl (C=O) groups excluding carboxylic acids is 1. The summed E-state index contributed by atoms with van der Waals surface area (Å²) in [6, 6.07) is 0.367. The maximum Gasteiger partial charge on any atom is 0.217 e. The molecule has 1 saturated heterocycles. The summed E-state index contributed by atoms with van der Waals surface area (Å²) < 4.78 is 0. The predicted molar refractivity (Wildman–Crippen MR) is 39.7 cm³/mol. The first-order chi connectivity index (χ1) is 4.79. The molecule has 1 aliphatic heterocycles. The smallest absolute Gasteiger partial charge is 0.217 e. The highest BCUT2D eigenvalue weighted by Gasteiger charge is 2.12. The van der Waals surface area contributed by atoms with Crippen LogP contribution in [0.3, 0.4) is 0 Å². The average molecular weight is 142 g/mol. The summed E-state index contributed by atoms with van der Waals surface area (Å²) in [4.78, 5) is 10.6. The molecule has 58 valence electrons. The number of piperidine rings is 1. The Labute approximate surface area is 61.2 Å². The summed E-state index contributed by atoms with van der Waals surface area (Å²) in [6.07, 6.45) is 2.29. The summed E-state index contributed by atoms with van der Waals surface area (Å²) in [6.45, 7) is 3.59. The van der Waals surface area contributed by atoms with E-state index in [9.17, 15) is 4.79 Å². The molecular weight excluding hydrogens is 128 g/mol. The quantitative estimate of drug-likeness (QED) is 0.535. The van der Waals surface area contributed by atoms with Crippen molar-refractivity contribution in [3.63, 3.8) is 0 Å². The summed E-state index contributed by atoms with van der Waals surface area (Å²) in [5, 5.41) is 6.11. The number of amides is 1. The molecule has 3 heteroatoms. The first kappa shape index (κ1) is 7.54. The molecular formula is C7H14N2O. The van der Waals surface area contributed by atoms with E-state index in [-0.39, 0.29) is 5.91 Å². The predicted octanol–water partition coefficient (Wildman–Crippen LogP) is -0.125. The average Bonchev–Trinajstić information content (AvgIpc) is 1.88. The Morgan fingerprint density at radius 3 is 3.00 bits per heavy atom. The Morgan fingerprint density at radius 2 is 2.50 bits per heavy atom. The van der Waals surface area contributed by atoms with Crippen LogP contribution in [0, 0.1) is 0 Å². The van der Waals surface area contributed by atoms with Crippen LogP contribution < -0.4 is 10.6 Å². The second-order valence-electron chi connectivity index (χ2n) is 2.74. The lowest BCUT2D eigenvalue weighted by molar-refractivity contribution is -0.119. The number of nitrogens with one attached hydrogen (secondary N) is 2. The second-order valence-corrected chi connectivity index (χ2v) is 2.74. The van der Waals surface area contributed by atoms with E-state index >= 15 is 0 Å². The van der Waals surface area contributed by atoms with Gasteiger partial charge in [-0.25, -0.2) is 0 Å². The van der Waals surface area contributed by atoms with Crippen molar-refractivity contribution >= 4 is 5.91 Å². The zero-order valence-corrected chi connectivity index (χ0v) is 6.31. The minimum atomic E-state index is 0.0775. The highest BCUT2D eigenvalue weighted by atomic mass is 16.1. The Kier molecular flexibility index (Phi) is 2.68. The van der Waals surface area contributed by atoms with E-state index in [1.165, 1.54) is 6.42 Å². The van der Waals surface area contributed by atoms with Gasteiger partial charge in [-0.3, -0.25) is 4.79 Å². The first-order valence-corrected chi connectivity index (χ1v) is 3.77. The Hall–Kier alpha value is -0.570. The van der Waals surface area contributed by atoms with Crippen LogP contribution in [-0.4, -0.2) is 25.0 Å². The van der Waals surface area contributed by atoms with Gasteiger partial charge in [0.15, 0.2) is 0 Å². The summed E-state index contributed by atoms with van der Waals surface area (Å²) in [5.74, 6) is 0.0775. The molecule has 1 heterocycles. The van der Waals surface area contributed by atoms with E-state index in [2.05, 4.69) is 10.6 Å². The molecule has 0 saturated carbocycles. The van der Waals surface area contributed by atoms with Crippen molar-refractivity contribution < 1.29 is 4.79 Å². The van der Waals surface area contributed by atoms with Crippen LogP contribution in [0.2, 0.25) is 0 Å². The van der Waals surface area contributed by atoms with Crippen LogP contribution in [0.1, 0.15) is 19.8 Å². The summed E-state index contributed by atoms with van der Waals surface area (Å²) in [7, 11) is 0. The zero-order valence-electron chi connectivity index (χ0n) is 6.31. The molecule has 0 aliphatic carbocycles. The van der Waals surface area contributed by atoms with Crippen molar-refractivity contribution in [1.29, 1.82) is 0 Å². The van der Waals surface area contributed by atoms with Crippen molar-refractivity contribution in [2.45, 2.75) is 25.8 Å². The van der Waals surface area contributed by atoms with E-state index in [1.807, 2.05) is 0 Å². The van der Waals surface area contributed by atoms with Crippen molar-refractivity contribution in [1.82, 2.24) is 10.6 Å². The molecule has 0 aromatic rings. The third-order valence-corrected chi connectivity index (χ3v) is 1.70. The largest absolute Gasteiger partial charge is 0.352 e. The minimum Gasteiger partial charge on any atom is -0.352 e. The first-order valence-electron chi connectivity index (χ1n) is 3.77. The molecule has 0 bridgehead atoms. The van der Waals surface area contributed by atoms with Gasteiger partial charge in [0.05, 0.1) is 0 Å². The van der Waals surface area contributed by atoms with E-state index in [0.717, 1.165) is 19.5 Å². The van der Waals surface area contributed by atoms with E-state index in [1.54, 1.807) is 6.92 Å². The lowest BCUT2D eigenvalue weighted by atomic mass is 10.1. The van der Waals surface area contributed by atoms with Crippen LogP contribution in [0.25, 0.3) is 0 Å². The highest BCUT2D eigenvalue weighted by Crippen LogP contribution is 2.00. The van der Waals surface area contributed by atoms with Crippen molar-refractivity contribution in [3.05, 3.63) is 0 Å². The number of hydrogen-bond acceptors (Lipinski definition) is 2. The van der Waals surface area contributed by atoms with E-state index in [4.69, 9.17) is 0 Å². The third kappa shape index (κ3) is 2.35. The van der Waals surface area contributed by atoms with Gasteiger partial charge in [-0.05, 0) is 19.4 Å². The Bertz CT molecular complexity index is 119. The molecule has 3 nitrogen and oxygen atoms in total. The molecule has 2 N–H and O–H groups in total. The maximum atomic E-state index is 10.6. The standard InChI is InChI=1S/C7H14N2O/c1-6(10)9-7-3-2-4-8-5-7/h7-8H,2-5H2,1H3,(H,9,10)/t7-/m1/s1. The van der Waals surface area contributed by atoms with Crippen molar-refractivity contribution in [2.75, 3.05) is 13.1 Å². The maximum absolute atomic E-state index is 10.6. The second kappa shape index (κ2) is 3.56. The number of hydrogen-bond donors (Lipinski definition) is 2. The molecule has 0 aromatic carbocycles. The zero-order chi connectivity index (χ0) is 7.40. The lowest BCUT2D eigenvalue weighted by Gasteiger charge is -2.22. The molecule has 1 fully saturated rings. The molecule has 0 spiro atoms. The van der Waals surface area contributed by atoms with Crippen molar-refractivity contribution in [3.8, 4) is 0 Å². The molecule has 1 aliphatic rings. The topological polar surface area (TPSA) is 41.1 Å². The van der Waals surface area contributed by atoms with E-state index in [0.29, 0.717) is 6.04 Å². The molecule has 0 aromatic heterocycles. The van der Waals surface area contributed by atoms with Crippen molar-refractivity contribution in [2.24, 2.45) is 0 Å². The van der Waals surface area contributed by atoms with Crippen LogP contribution >= 0.6 is 0 Å². The van der Waals surface area contributed by atoms with Crippen LogP contribution in [0.4, 0.5) is 0 Å². The molecule has 0 radical (unpaired) electrons. The molecule has 1 rings (SSSR count). The number of rotatable bonds is 1. The highest BCUT2D eigenvalue weighted by molar-refractivity contribution is 5.73. The van der Waals surface area contributed by atoms with Crippen LogP contribution in [-0.2, 0) is 4.79 Å². The van der Waals surface area contributed by atoms with Crippen LogP contribution in [0.5, 0.6) is 0 Å². The molecule has 1 atom stereocenters. The monoisotopic (exact) mass is 142 g/mol. The lowest BCUT2D eigenvalue weighted by Crippen LogP contribution is -2.44. The van der Waals surface area contributed by atoms with Gasteiger partial charge < -0.3 is 10.6 Å². The molecule has 0 unspecified atom stereocenters. The van der Waals surface area contributed by atoms with Gasteiger partial charge >= 0.3 is 0 Å². The Balaban J connectivity index is 2.19. The SMILES string of the molecule is CC(=O)N[C@@H]1CCCNC1. The normalized spacial score (nSPS) is 25.9. The minimum absolute atomic E-state index is 0.0775. The third-order valence-electron chi connectivity index (χ3n) is 1.70. The fraction of sp³-hybridized carbons (Fsp3) is 0.857. The Morgan fingerprint density at radius 1 is 1.70 bits per heavy atom. The van der Waals surface area contributed by atoms with Gasteiger partial charge in [0.1, 0.15) is 0 Å². The van der Waals surface area contributed by atoms with Gasteiger partial charge in [-0.15, -0.1) is 0 Å². The number of carbonyl (C=O) groups is 1. The fourth-order valence-corrected chi connectivity index (χ4v) is 1.26. The summed E-state index contributed by atoms with van der Waals surface area (Å²) >= 11 is 0. The van der Waals surface area contributed by atoms with Gasteiger partial charge in [-0.1, -0.05) is 0 Å². The van der Waals surface area contributed by atoms with Gasteiger partial charge in [0.25, 0.3) is 0 Å². The van der Waals surface area contributed by atoms with Crippen LogP contribution in [0.15, 0.2) is 0 Å². The van der Waals surface area contributed by atoms with Gasteiger partial charge in [0.2, 0.25) is 5.91 Å². The molecule has 10 heavy (non-hydrogen) atoms. The van der Waals surface area contributed by atoms with Gasteiger partial charge in [-0.2, -0.15) is 0 Å². The van der Waals surface area contributed by atoms with E-state index < -0.39 is 0 Å². The molecule has 1 amide bonds. The van der Waals surface area contributed by atoms with Gasteiger partial charge in [0, 0.05) is 19.5 Å².